The van der Waals surface area contributed by atoms with Crippen LogP contribution in [-0.4, -0.2) is 98.5 Å². The van der Waals surface area contributed by atoms with E-state index in [-0.39, 0.29) is 54.9 Å². The number of aromatic amines is 1. The number of fused-ring (bicyclic) bond motifs is 1. The van der Waals surface area contributed by atoms with E-state index in [4.69, 9.17) is 23.5 Å². The zero-order valence-corrected chi connectivity index (χ0v) is 29.8. The third-order valence-corrected chi connectivity index (χ3v) is 9.39. The summed E-state index contributed by atoms with van der Waals surface area (Å²) < 4.78 is 43.8. The standard InChI is InChI=1S/C30H51N6O11P/c1-9-11-44-26(38)19(13-17(3)4)34-48(42,35-20(14-18(5)6)27(39)45-12-10-2)46-15-21-23(37)30(7,41)28(47-21)36-16-31-22-24(36)32-29(40)33-25(22)43-8/h16-21,23,28,37,41H,9-15H2,1-8H3,(H,32,33,40)(H2,34,35,42)/t19-,20-,21+,23+,28+,30+/m0/s1. The molecule has 1 fully saturated rings. The van der Waals surface area contributed by atoms with Crippen LogP contribution in [0.4, 0.5) is 0 Å². The number of carbonyl (C=O) groups excluding carboxylic acids is 2. The van der Waals surface area contributed by atoms with Gasteiger partial charge in [0.2, 0.25) is 5.88 Å². The molecular weight excluding hydrogens is 651 g/mol. The molecule has 0 amide bonds. The molecule has 1 saturated heterocycles. The number of esters is 2. The number of hydrogen-bond donors (Lipinski definition) is 5. The Labute approximate surface area is 280 Å². The number of imidazole rings is 1. The lowest BCUT2D eigenvalue weighted by Gasteiger charge is -2.30. The van der Waals surface area contributed by atoms with Gasteiger partial charge in [-0.3, -0.25) is 23.7 Å². The fraction of sp³-hybridized carbons (Fsp3) is 0.767. The number of aromatic nitrogens is 4. The van der Waals surface area contributed by atoms with E-state index < -0.39 is 68.0 Å². The average molecular weight is 703 g/mol. The minimum atomic E-state index is -4.34. The molecule has 17 nitrogen and oxygen atoms in total. The fourth-order valence-corrected chi connectivity index (χ4v) is 7.09. The highest BCUT2D eigenvalue weighted by atomic mass is 31.2. The summed E-state index contributed by atoms with van der Waals surface area (Å²) in [6.45, 7) is 12.3. The first-order valence-electron chi connectivity index (χ1n) is 16.3. The SMILES string of the molecule is CCCOC(=O)[C@H](CC(C)C)NP(=O)(N[C@@H](CC(C)C)C(=O)OCCC)OC[C@H]1O[C@@H](n2cnc3c(OC)nc(=O)[nH]c32)[C@](C)(O)[C@@H]1O. The van der Waals surface area contributed by atoms with E-state index in [0.29, 0.717) is 12.8 Å². The summed E-state index contributed by atoms with van der Waals surface area (Å²) >= 11 is 0. The van der Waals surface area contributed by atoms with E-state index in [9.17, 15) is 29.2 Å². The highest BCUT2D eigenvalue weighted by Gasteiger charge is 2.54. The van der Waals surface area contributed by atoms with Gasteiger partial charge in [0.15, 0.2) is 11.7 Å². The molecule has 2 aromatic rings. The minimum absolute atomic E-state index is 0.0211. The lowest BCUT2D eigenvalue weighted by Crippen LogP contribution is -2.47. The number of aliphatic hydroxyl groups excluding tert-OH is 1. The summed E-state index contributed by atoms with van der Waals surface area (Å²) in [6, 6.07) is -2.16. The zero-order valence-electron chi connectivity index (χ0n) is 28.9. The Morgan fingerprint density at radius 2 is 1.62 bits per heavy atom. The monoisotopic (exact) mass is 702 g/mol. The Morgan fingerprint density at radius 3 is 2.10 bits per heavy atom. The molecule has 2 aromatic heterocycles. The average Bonchev–Trinajstić information content (AvgIpc) is 3.52. The number of H-pyrrole nitrogens is 1. The third-order valence-electron chi connectivity index (χ3n) is 7.58. The molecule has 3 rings (SSSR count). The van der Waals surface area contributed by atoms with Gasteiger partial charge in [-0.05, 0) is 44.4 Å². The molecule has 0 radical (unpaired) electrons. The van der Waals surface area contributed by atoms with Gasteiger partial charge in [-0.25, -0.2) is 20.0 Å². The maximum Gasteiger partial charge on any atom is 0.349 e. The van der Waals surface area contributed by atoms with Gasteiger partial charge < -0.3 is 33.7 Å². The molecule has 0 bridgehead atoms. The van der Waals surface area contributed by atoms with Crippen LogP contribution >= 0.6 is 7.67 Å². The maximum absolute atomic E-state index is 14.6. The van der Waals surface area contributed by atoms with E-state index in [1.54, 1.807) is 0 Å². The summed E-state index contributed by atoms with van der Waals surface area (Å²) in [5.74, 6) is -1.38. The fourth-order valence-electron chi connectivity index (χ4n) is 5.27. The largest absolute Gasteiger partial charge is 0.479 e. The molecule has 0 spiro atoms. The Hall–Kier alpha value is -2.92. The van der Waals surface area contributed by atoms with E-state index in [2.05, 4.69) is 25.1 Å². The summed E-state index contributed by atoms with van der Waals surface area (Å²) in [5.41, 5.74) is -2.40. The number of methoxy groups -OCH3 is 1. The van der Waals surface area contributed by atoms with Gasteiger partial charge in [0.1, 0.15) is 35.5 Å². The molecule has 18 heteroatoms. The quantitative estimate of drug-likeness (QED) is 0.104. The van der Waals surface area contributed by atoms with Crippen molar-refractivity contribution in [3.63, 3.8) is 0 Å². The first kappa shape index (κ1) is 39.5. The number of nitrogens with zero attached hydrogens (tertiary/aromatic N) is 3. The second-order valence-electron chi connectivity index (χ2n) is 12.9. The Balaban J connectivity index is 1.95. The number of rotatable bonds is 19. The number of aliphatic hydroxyl groups is 2. The normalized spacial score (nSPS) is 22.7. The van der Waals surface area contributed by atoms with Crippen LogP contribution in [0.25, 0.3) is 11.2 Å². The highest BCUT2D eigenvalue weighted by molar-refractivity contribution is 7.54. The van der Waals surface area contributed by atoms with Crippen LogP contribution in [-0.2, 0) is 32.9 Å². The molecule has 1 aliphatic heterocycles. The predicted molar refractivity (Wildman–Crippen MR) is 174 cm³/mol. The lowest BCUT2D eigenvalue weighted by atomic mass is 9.96. The molecular formula is C30H51N6O11P. The number of carbonyl (C=O) groups is 2. The Bertz CT molecular complexity index is 1440. The smallest absolute Gasteiger partial charge is 0.349 e. The van der Waals surface area contributed by atoms with E-state index in [1.807, 2.05) is 41.5 Å². The Morgan fingerprint density at radius 1 is 1.08 bits per heavy atom. The van der Waals surface area contributed by atoms with Crippen LogP contribution in [0.1, 0.15) is 80.4 Å². The molecule has 5 N–H and O–H groups in total. The van der Waals surface area contributed by atoms with Crippen LogP contribution in [0.2, 0.25) is 0 Å². The molecule has 272 valence electrons. The first-order valence-corrected chi connectivity index (χ1v) is 17.9. The second kappa shape index (κ2) is 17.1. The third kappa shape index (κ3) is 9.83. The van der Waals surface area contributed by atoms with Crippen molar-refractivity contribution in [2.75, 3.05) is 26.9 Å². The van der Waals surface area contributed by atoms with Crippen molar-refractivity contribution in [3.8, 4) is 5.88 Å². The van der Waals surface area contributed by atoms with Crippen molar-refractivity contribution in [2.45, 2.75) is 110 Å². The highest BCUT2D eigenvalue weighted by Crippen LogP contribution is 2.44. The number of nitrogens with one attached hydrogen (secondary N) is 3. The number of hydrogen-bond acceptors (Lipinski definition) is 13. The lowest BCUT2D eigenvalue weighted by molar-refractivity contribution is -0.146. The summed E-state index contributed by atoms with van der Waals surface area (Å²) in [4.78, 5) is 48.8. The number of ether oxygens (including phenoxy) is 4. The van der Waals surface area contributed by atoms with Crippen molar-refractivity contribution < 1.29 is 47.8 Å². The topological polar surface area (TPSA) is 225 Å². The van der Waals surface area contributed by atoms with Crippen molar-refractivity contribution in [1.82, 2.24) is 29.7 Å². The van der Waals surface area contributed by atoms with Crippen LogP contribution in [0, 0.1) is 11.8 Å². The van der Waals surface area contributed by atoms with Crippen LogP contribution in [0.3, 0.4) is 0 Å². The van der Waals surface area contributed by atoms with Gasteiger partial charge in [0.25, 0.3) is 0 Å². The molecule has 3 heterocycles. The van der Waals surface area contributed by atoms with E-state index in [0.717, 1.165) is 0 Å². The van der Waals surface area contributed by atoms with Crippen LogP contribution in [0.15, 0.2) is 11.1 Å². The molecule has 0 aromatic carbocycles. The van der Waals surface area contributed by atoms with Crippen molar-refractivity contribution in [2.24, 2.45) is 11.8 Å². The first-order chi connectivity index (χ1) is 22.6. The van der Waals surface area contributed by atoms with E-state index in [1.165, 1.54) is 24.9 Å². The minimum Gasteiger partial charge on any atom is -0.479 e. The maximum atomic E-state index is 14.6. The van der Waals surface area contributed by atoms with Crippen molar-refractivity contribution >= 4 is 30.8 Å². The van der Waals surface area contributed by atoms with Crippen LogP contribution < -0.4 is 20.6 Å². The molecule has 0 unspecified atom stereocenters. The predicted octanol–water partition coefficient (Wildman–Crippen LogP) is 2.18. The summed E-state index contributed by atoms with van der Waals surface area (Å²) in [7, 11) is -3.02. The van der Waals surface area contributed by atoms with Crippen LogP contribution in [0.5, 0.6) is 5.88 Å². The van der Waals surface area contributed by atoms with Crippen molar-refractivity contribution in [3.05, 3.63) is 16.8 Å². The van der Waals surface area contributed by atoms with Gasteiger partial charge in [-0.1, -0.05) is 41.5 Å². The molecule has 0 saturated carbocycles. The van der Waals surface area contributed by atoms with Gasteiger partial charge in [0, 0.05) is 0 Å². The van der Waals surface area contributed by atoms with E-state index >= 15 is 0 Å². The van der Waals surface area contributed by atoms with Gasteiger partial charge in [0.05, 0.1) is 33.3 Å². The molecule has 6 atom stereocenters. The summed E-state index contributed by atoms with van der Waals surface area (Å²) in [5, 5.41) is 28.2. The van der Waals surface area contributed by atoms with Crippen molar-refractivity contribution in [1.29, 1.82) is 0 Å². The Kier molecular flexibility index (Phi) is 14.1. The molecule has 48 heavy (non-hydrogen) atoms. The molecule has 0 aliphatic carbocycles. The summed E-state index contributed by atoms with van der Waals surface area (Å²) in [6.07, 6.45) is -1.27. The van der Waals surface area contributed by atoms with Gasteiger partial charge in [-0.15, -0.1) is 0 Å². The van der Waals surface area contributed by atoms with Gasteiger partial charge >= 0.3 is 25.3 Å². The second-order valence-corrected chi connectivity index (χ2v) is 14.8. The van der Waals surface area contributed by atoms with Gasteiger partial charge in [-0.2, -0.15) is 4.98 Å². The molecule has 1 aliphatic rings. The zero-order chi connectivity index (χ0) is 35.8.